The van der Waals surface area contributed by atoms with Crippen molar-refractivity contribution in [1.82, 2.24) is 10.2 Å². The Hall–Kier alpha value is -1.33. The van der Waals surface area contributed by atoms with E-state index in [1.807, 2.05) is 12.1 Å². The summed E-state index contributed by atoms with van der Waals surface area (Å²) >= 11 is 0. The lowest BCUT2D eigenvalue weighted by Crippen LogP contribution is -2.43. The molecular weight excluding hydrogens is 247 g/mol. The minimum Gasteiger partial charge on any atom is -0.489 e. The summed E-state index contributed by atoms with van der Waals surface area (Å²) in [5.41, 5.74) is 0.686. The molecule has 0 spiro atoms. The number of nitrogens with zero attached hydrogens (tertiary/aromatic N) is 1. The first-order chi connectivity index (χ1) is 9.34. The van der Waals surface area contributed by atoms with Gasteiger partial charge < -0.3 is 14.8 Å². The Morgan fingerprint density at radius 1 is 1.16 bits per heavy atom. The second kappa shape index (κ2) is 5.75. The predicted molar refractivity (Wildman–Crippen MR) is 70.2 cm³/mol. The lowest BCUT2D eigenvalue weighted by atomic mass is 10.1. The Morgan fingerprint density at radius 3 is 2.79 bits per heavy atom. The third-order valence-corrected chi connectivity index (χ3v) is 3.54. The van der Waals surface area contributed by atoms with Gasteiger partial charge in [-0.1, -0.05) is 6.07 Å². The molecule has 1 saturated heterocycles. The molecule has 2 heterocycles. The van der Waals surface area contributed by atoms with Gasteiger partial charge in [-0.25, -0.2) is 4.39 Å². The number of hydrogen-bond donors (Lipinski definition) is 1. The molecule has 2 aliphatic heterocycles. The quantitative estimate of drug-likeness (QED) is 0.877. The number of rotatable bonds is 2. The van der Waals surface area contributed by atoms with Crippen LogP contribution in [0.2, 0.25) is 0 Å². The Morgan fingerprint density at radius 2 is 1.95 bits per heavy atom. The van der Waals surface area contributed by atoms with Crippen molar-refractivity contribution in [2.75, 3.05) is 39.4 Å². The minimum absolute atomic E-state index is 0.266. The van der Waals surface area contributed by atoms with Crippen LogP contribution in [0.15, 0.2) is 12.1 Å². The normalized spacial score (nSPS) is 20.1. The summed E-state index contributed by atoms with van der Waals surface area (Å²) < 4.78 is 25.4. The van der Waals surface area contributed by atoms with Gasteiger partial charge in [-0.3, -0.25) is 4.90 Å². The van der Waals surface area contributed by atoms with Gasteiger partial charge in [0.15, 0.2) is 17.3 Å². The maximum absolute atomic E-state index is 14.4. The van der Waals surface area contributed by atoms with E-state index in [9.17, 15) is 4.39 Å². The fourth-order valence-electron chi connectivity index (χ4n) is 2.47. The van der Waals surface area contributed by atoms with Crippen LogP contribution in [0.5, 0.6) is 11.5 Å². The highest BCUT2D eigenvalue weighted by molar-refractivity contribution is 5.45. The van der Waals surface area contributed by atoms with Crippen molar-refractivity contribution < 1.29 is 13.9 Å². The van der Waals surface area contributed by atoms with Crippen molar-refractivity contribution in [3.63, 3.8) is 0 Å². The van der Waals surface area contributed by atoms with E-state index in [2.05, 4.69) is 10.2 Å². The summed E-state index contributed by atoms with van der Waals surface area (Å²) in [7, 11) is 0. The molecule has 1 aromatic rings. The van der Waals surface area contributed by atoms with E-state index in [-0.39, 0.29) is 11.6 Å². The molecule has 0 unspecified atom stereocenters. The van der Waals surface area contributed by atoms with Gasteiger partial charge in [0.25, 0.3) is 0 Å². The second-order valence-corrected chi connectivity index (χ2v) is 4.94. The van der Waals surface area contributed by atoms with Crippen molar-refractivity contribution in [1.29, 1.82) is 0 Å². The molecular formula is C14H19FN2O2. The minimum atomic E-state index is -0.266. The monoisotopic (exact) mass is 266 g/mol. The standard InChI is InChI=1S/C14H19FN2O2/c15-13-11(10-17-6-4-16-5-7-17)2-3-12-14(13)19-9-1-8-18-12/h2-3,16H,1,4-10H2. The number of nitrogens with one attached hydrogen (secondary N) is 1. The van der Waals surface area contributed by atoms with Crippen molar-refractivity contribution in [3.05, 3.63) is 23.5 Å². The summed E-state index contributed by atoms with van der Waals surface area (Å²) in [6, 6.07) is 3.63. The van der Waals surface area contributed by atoms with Crippen LogP contribution in [0.4, 0.5) is 4.39 Å². The van der Waals surface area contributed by atoms with E-state index < -0.39 is 0 Å². The number of ether oxygens (including phenoxy) is 2. The summed E-state index contributed by atoms with van der Waals surface area (Å²) in [6.07, 6.45) is 0.793. The summed E-state index contributed by atoms with van der Waals surface area (Å²) in [4.78, 5) is 2.25. The Bertz CT molecular complexity index is 447. The number of hydrogen-bond acceptors (Lipinski definition) is 4. The molecule has 1 fully saturated rings. The maximum Gasteiger partial charge on any atom is 0.197 e. The van der Waals surface area contributed by atoms with Crippen LogP contribution in [-0.4, -0.2) is 44.3 Å². The summed E-state index contributed by atoms with van der Waals surface area (Å²) in [5.74, 6) is 0.544. The molecule has 0 amide bonds. The van der Waals surface area contributed by atoms with Crippen molar-refractivity contribution in [3.8, 4) is 11.5 Å². The van der Waals surface area contributed by atoms with Gasteiger partial charge in [-0.2, -0.15) is 0 Å². The fraction of sp³-hybridized carbons (Fsp3) is 0.571. The van der Waals surface area contributed by atoms with Crippen LogP contribution >= 0.6 is 0 Å². The molecule has 1 aromatic carbocycles. The fourth-order valence-corrected chi connectivity index (χ4v) is 2.47. The summed E-state index contributed by atoms with van der Waals surface area (Å²) in [6.45, 7) is 5.56. The van der Waals surface area contributed by atoms with E-state index in [0.717, 1.165) is 32.6 Å². The molecule has 5 heteroatoms. The molecule has 4 nitrogen and oxygen atoms in total. The maximum atomic E-state index is 14.4. The van der Waals surface area contributed by atoms with Crippen LogP contribution in [0.1, 0.15) is 12.0 Å². The summed E-state index contributed by atoms with van der Waals surface area (Å²) in [5, 5.41) is 3.29. The average molecular weight is 266 g/mol. The zero-order valence-electron chi connectivity index (χ0n) is 11.0. The smallest absolute Gasteiger partial charge is 0.197 e. The van der Waals surface area contributed by atoms with E-state index in [0.29, 0.717) is 31.1 Å². The SMILES string of the molecule is Fc1c(CN2CCNCC2)ccc2c1OCCCO2. The second-order valence-electron chi connectivity index (χ2n) is 4.94. The number of benzene rings is 1. The Balaban J connectivity index is 1.80. The molecule has 104 valence electrons. The third kappa shape index (κ3) is 2.82. The van der Waals surface area contributed by atoms with Gasteiger partial charge in [0.2, 0.25) is 0 Å². The lowest BCUT2D eigenvalue weighted by Gasteiger charge is -2.27. The van der Waals surface area contributed by atoms with Crippen LogP contribution in [0.25, 0.3) is 0 Å². The molecule has 0 atom stereocenters. The molecule has 3 rings (SSSR count). The highest BCUT2D eigenvalue weighted by Gasteiger charge is 2.20. The first-order valence-corrected chi connectivity index (χ1v) is 6.84. The number of halogens is 1. The van der Waals surface area contributed by atoms with Crippen LogP contribution in [-0.2, 0) is 6.54 Å². The molecule has 0 bridgehead atoms. The van der Waals surface area contributed by atoms with Crippen LogP contribution < -0.4 is 14.8 Å². The van der Waals surface area contributed by atoms with Crippen LogP contribution in [0.3, 0.4) is 0 Å². The van der Waals surface area contributed by atoms with Gasteiger partial charge >= 0.3 is 0 Å². The average Bonchev–Trinajstić information content (AvgIpc) is 2.69. The molecule has 0 aliphatic carbocycles. The lowest BCUT2D eigenvalue weighted by molar-refractivity contribution is 0.228. The van der Waals surface area contributed by atoms with E-state index >= 15 is 0 Å². The van der Waals surface area contributed by atoms with Crippen LogP contribution in [0, 0.1) is 5.82 Å². The Labute approximate surface area is 112 Å². The molecule has 1 N–H and O–H groups in total. The third-order valence-electron chi connectivity index (χ3n) is 3.54. The zero-order chi connectivity index (χ0) is 13.1. The molecule has 0 radical (unpaired) electrons. The first kappa shape index (κ1) is 12.7. The van der Waals surface area contributed by atoms with Crippen molar-refractivity contribution in [2.24, 2.45) is 0 Å². The van der Waals surface area contributed by atoms with Gasteiger partial charge in [-0.15, -0.1) is 0 Å². The predicted octanol–water partition coefficient (Wildman–Crippen LogP) is 1.39. The van der Waals surface area contributed by atoms with Gasteiger partial charge in [-0.05, 0) is 6.07 Å². The van der Waals surface area contributed by atoms with Crippen molar-refractivity contribution in [2.45, 2.75) is 13.0 Å². The van der Waals surface area contributed by atoms with E-state index in [1.165, 1.54) is 0 Å². The van der Waals surface area contributed by atoms with Gasteiger partial charge in [0, 0.05) is 44.7 Å². The first-order valence-electron chi connectivity index (χ1n) is 6.84. The largest absolute Gasteiger partial charge is 0.489 e. The molecule has 0 saturated carbocycles. The topological polar surface area (TPSA) is 33.7 Å². The zero-order valence-corrected chi connectivity index (χ0v) is 11.0. The number of fused-ring (bicyclic) bond motifs is 1. The number of piperazine rings is 1. The molecule has 19 heavy (non-hydrogen) atoms. The van der Waals surface area contributed by atoms with E-state index in [4.69, 9.17) is 9.47 Å². The molecule has 2 aliphatic rings. The van der Waals surface area contributed by atoms with Gasteiger partial charge in [0.05, 0.1) is 13.2 Å². The van der Waals surface area contributed by atoms with Crippen molar-refractivity contribution >= 4 is 0 Å². The van der Waals surface area contributed by atoms with E-state index in [1.54, 1.807) is 0 Å². The van der Waals surface area contributed by atoms with Gasteiger partial charge in [0.1, 0.15) is 0 Å². The highest BCUT2D eigenvalue weighted by Crippen LogP contribution is 2.34. The molecule has 0 aromatic heterocycles. The highest BCUT2D eigenvalue weighted by atomic mass is 19.1. The Kier molecular flexibility index (Phi) is 3.84.